The molecule has 0 radical (unpaired) electrons. The number of rotatable bonds is 2. The predicted octanol–water partition coefficient (Wildman–Crippen LogP) is 0.818. The van der Waals surface area contributed by atoms with Crippen LogP contribution in [0.2, 0.25) is 0 Å². The second-order valence-electron chi connectivity index (χ2n) is 4.06. The van der Waals surface area contributed by atoms with Crippen molar-refractivity contribution in [2.75, 3.05) is 0 Å². The Morgan fingerprint density at radius 3 is 1.62 bits per heavy atom. The molecular formula is C9H12O4. The van der Waals surface area contributed by atoms with Crippen LogP contribution < -0.4 is 0 Å². The Morgan fingerprint density at radius 2 is 1.31 bits per heavy atom. The molecule has 4 atom stereocenters. The van der Waals surface area contributed by atoms with Gasteiger partial charge in [0.2, 0.25) is 0 Å². The molecule has 4 heteroatoms. The molecule has 0 heterocycles. The van der Waals surface area contributed by atoms with E-state index in [1.54, 1.807) is 0 Å². The lowest BCUT2D eigenvalue weighted by Gasteiger charge is -2.24. The zero-order valence-corrected chi connectivity index (χ0v) is 7.14. The number of fused-ring (bicyclic) bond motifs is 2. The van der Waals surface area contributed by atoms with Crippen molar-refractivity contribution >= 4 is 11.9 Å². The molecule has 0 spiro atoms. The fourth-order valence-corrected chi connectivity index (χ4v) is 3.00. The molecule has 72 valence electrons. The third kappa shape index (κ3) is 1.12. The Hall–Kier alpha value is -1.06. The first-order valence-electron chi connectivity index (χ1n) is 4.57. The topological polar surface area (TPSA) is 74.6 Å². The maximum Gasteiger partial charge on any atom is 0.307 e. The Labute approximate surface area is 75.6 Å². The van der Waals surface area contributed by atoms with Gasteiger partial charge < -0.3 is 10.2 Å². The molecule has 2 aliphatic rings. The van der Waals surface area contributed by atoms with Crippen LogP contribution in [-0.4, -0.2) is 22.2 Å². The number of hydrogen-bond acceptors (Lipinski definition) is 2. The van der Waals surface area contributed by atoms with E-state index in [4.69, 9.17) is 10.2 Å². The lowest BCUT2D eigenvalue weighted by molar-refractivity contribution is -0.156. The molecule has 13 heavy (non-hydrogen) atoms. The number of carboxylic acid groups (broad SMARTS) is 2. The van der Waals surface area contributed by atoms with Crippen molar-refractivity contribution in [3.05, 3.63) is 0 Å². The van der Waals surface area contributed by atoms with Gasteiger partial charge in [-0.15, -0.1) is 0 Å². The van der Waals surface area contributed by atoms with Crippen LogP contribution in [0.15, 0.2) is 0 Å². The van der Waals surface area contributed by atoms with Crippen molar-refractivity contribution < 1.29 is 19.8 Å². The summed E-state index contributed by atoms with van der Waals surface area (Å²) in [6.45, 7) is 0. The number of carbonyl (C=O) groups is 2. The zero-order chi connectivity index (χ0) is 9.59. The van der Waals surface area contributed by atoms with Gasteiger partial charge in [-0.25, -0.2) is 0 Å². The predicted molar refractivity (Wildman–Crippen MR) is 43.1 cm³/mol. The quantitative estimate of drug-likeness (QED) is 0.666. The van der Waals surface area contributed by atoms with E-state index in [0.717, 1.165) is 19.3 Å². The molecule has 4 nitrogen and oxygen atoms in total. The highest BCUT2D eigenvalue weighted by atomic mass is 16.4. The summed E-state index contributed by atoms with van der Waals surface area (Å²) in [6, 6.07) is 0. The molecule has 2 fully saturated rings. The molecular weight excluding hydrogens is 172 g/mol. The van der Waals surface area contributed by atoms with Gasteiger partial charge in [-0.1, -0.05) is 0 Å². The van der Waals surface area contributed by atoms with Crippen molar-refractivity contribution in [2.24, 2.45) is 23.7 Å². The minimum Gasteiger partial charge on any atom is -0.481 e. The van der Waals surface area contributed by atoms with Gasteiger partial charge >= 0.3 is 11.9 Å². The molecule has 0 saturated heterocycles. The number of carboxylic acids is 2. The SMILES string of the molecule is O=C(O)[C@@H]1[C@@H]2CC[C@H](C2)[C@H]1C(=O)O. The van der Waals surface area contributed by atoms with Crippen LogP contribution in [0, 0.1) is 23.7 Å². The summed E-state index contributed by atoms with van der Waals surface area (Å²) in [5, 5.41) is 17.8. The lowest BCUT2D eigenvalue weighted by Crippen LogP contribution is -2.34. The first-order valence-corrected chi connectivity index (χ1v) is 4.57. The third-order valence-corrected chi connectivity index (χ3v) is 3.49. The average molecular weight is 184 g/mol. The minimum absolute atomic E-state index is 0.114. The zero-order valence-electron chi connectivity index (χ0n) is 7.14. The van der Waals surface area contributed by atoms with Gasteiger partial charge in [-0.3, -0.25) is 9.59 Å². The Morgan fingerprint density at radius 1 is 0.923 bits per heavy atom. The summed E-state index contributed by atoms with van der Waals surface area (Å²) in [4.78, 5) is 21.7. The highest BCUT2D eigenvalue weighted by molar-refractivity contribution is 5.81. The van der Waals surface area contributed by atoms with Crippen LogP contribution in [-0.2, 0) is 9.59 Å². The number of aliphatic carboxylic acids is 2. The molecule has 2 saturated carbocycles. The molecule has 0 aliphatic heterocycles. The van der Waals surface area contributed by atoms with Crippen LogP contribution >= 0.6 is 0 Å². The van der Waals surface area contributed by atoms with Gasteiger partial charge in [0.1, 0.15) is 0 Å². The van der Waals surface area contributed by atoms with E-state index in [9.17, 15) is 9.59 Å². The van der Waals surface area contributed by atoms with Crippen molar-refractivity contribution in [3.8, 4) is 0 Å². The molecule has 2 bridgehead atoms. The summed E-state index contributed by atoms with van der Waals surface area (Å²) in [5.41, 5.74) is 0. The van der Waals surface area contributed by atoms with Gasteiger partial charge in [-0.05, 0) is 31.1 Å². The monoisotopic (exact) mass is 184 g/mol. The fourth-order valence-electron chi connectivity index (χ4n) is 3.00. The van der Waals surface area contributed by atoms with Gasteiger partial charge in [-0.2, -0.15) is 0 Å². The van der Waals surface area contributed by atoms with E-state index in [1.165, 1.54) is 0 Å². The molecule has 2 rings (SSSR count). The van der Waals surface area contributed by atoms with Crippen LogP contribution in [0.25, 0.3) is 0 Å². The Kier molecular flexibility index (Phi) is 1.78. The third-order valence-electron chi connectivity index (χ3n) is 3.49. The van der Waals surface area contributed by atoms with E-state index in [0.29, 0.717) is 0 Å². The van der Waals surface area contributed by atoms with E-state index in [-0.39, 0.29) is 11.8 Å². The van der Waals surface area contributed by atoms with Crippen molar-refractivity contribution in [1.82, 2.24) is 0 Å². The van der Waals surface area contributed by atoms with E-state index >= 15 is 0 Å². The Bertz CT molecular complexity index is 234. The molecule has 0 aromatic rings. The highest BCUT2D eigenvalue weighted by Crippen LogP contribution is 2.52. The smallest absolute Gasteiger partial charge is 0.307 e. The molecule has 0 aromatic carbocycles. The van der Waals surface area contributed by atoms with Crippen molar-refractivity contribution in [1.29, 1.82) is 0 Å². The van der Waals surface area contributed by atoms with Crippen molar-refractivity contribution in [2.45, 2.75) is 19.3 Å². The molecule has 0 aromatic heterocycles. The summed E-state index contributed by atoms with van der Waals surface area (Å²) < 4.78 is 0. The van der Waals surface area contributed by atoms with Gasteiger partial charge in [0, 0.05) is 0 Å². The van der Waals surface area contributed by atoms with Gasteiger partial charge in [0.05, 0.1) is 11.8 Å². The van der Waals surface area contributed by atoms with E-state index in [2.05, 4.69) is 0 Å². The molecule has 0 unspecified atom stereocenters. The van der Waals surface area contributed by atoms with Crippen LogP contribution in [0.4, 0.5) is 0 Å². The lowest BCUT2D eigenvalue weighted by atomic mass is 9.79. The van der Waals surface area contributed by atoms with Crippen molar-refractivity contribution in [3.63, 3.8) is 0 Å². The van der Waals surface area contributed by atoms with E-state index < -0.39 is 23.8 Å². The maximum atomic E-state index is 10.8. The molecule has 2 aliphatic carbocycles. The second-order valence-corrected chi connectivity index (χ2v) is 4.06. The molecule has 2 N–H and O–H groups in total. The van der Waals surface area contributed by atoms with Crippen LogP contribution in [0.3, 0.4) is 0 Å². The number of hydrogen-bond donors (Lipinski definition) is 2. The minimum atomic E-state index is -0.931. The first-order chi connectivity index (χ1) is 6.11. The van der Waals surface area contributed by atoms with Gasteiger partial charge in [0.25, 0.3) is 0 Å². The van der Waals surface area contributed by atoms with Crippen LogP contribution in [0.1, 0.15) is 19.3 Å². The largest absolute Gasteiger partial charge is 0.481 e. The average Bonchev–Trinajstić information content (AvgIpc) is 2.60. The maximum absolute atomic E-state index is 10.8. The van der Waals surface area contributed by atoms with Crippen LogP contribution in [0.5, 0.6) is 0 Å². The summed E-state index contributed by atoms with van der Waals surface area (Å²) >= 11 is 0. The standard InChI is InChI=1S/C9H12O4/c10-8(11)6-4-1-2-5(3-4)7(6)9(12)13/h4-7H,1-3H2,(H,10,11)(H,12,13)/t4-,5-,6-,7-/m1/s1. The normalized spacial score (nSPS) is 42.2. The fraction of sp³-hybridized carbons (Fsp3) is 0.778. The summed E-state index contributed by atoms with van der Waals surface area (Å²) in [6.07, 6.45) is 2.59. The molecule has 0 amide bonds. The Balaban J connectivity index is 2.24. The summed E-state index contributed by atoms with van der Waals surface area (Å²) in [7, 11) is 0. The first kappa shape index (κ1) is 8.53. The van der Waals surface area contributed by atoms with Gasteiger partial charge in [0.15, 0.2) is 0 Å². The highest BCUT2D eigenvalue weighted by Gasteiger charge is 2.54. The second kappa shape index (κ2) is 2.72. The van der Waals surface area contributed by atoms with E-state index in [1.807, 2.05) is 0 Å². The summed E-state index contributed by atoms with van der Waals surface area (Å²) in [5.74, 6) is -2.89.